The standard InChI is InChI=1S/C43H63NO11/c1-24-11-10-14-30-23-50-40-36(44-48)27(4)19-33(43(30,40)47)41(46)52-32-20-31(16-15-25(2)38(24)53-35-21-34(49-6)37(45)28(5)51-35)54-42(22-32)18-17-26(3)39(55-42)29-12-8-7-9-13-29/h10-11,14-15,19,24,26,28-29,31-35,37-40,45,47-48H,7-9,12-13,16-18,20-23H2,1-6H3/b11-10+,25-15+,30-14+,44-36-/t24-,26-,28-,31+,32-,33-,34-,35-,37-,38-,39-,40+,42?,43+/m0/s1. The number of aliphatic hydroxyl groups is 2. The van der Waals surface area contributed by atoms with Crippen molar-refractivity contribution in [1.29, 1.82) is 0 Å². The van der Waals surface area contributed by atoms with Crippen molar-refractivity contribution >= 4 is 11.7 Å². The summed E-state index contributed by atoms with van der Waals surface area (Å²) in [5.74, 6) is -1.83. The summed E-state index contributed by atoms with van der Waals surface area (Å²) in [5, 5.41) is 36.7. The number of fused-ring (bicyclic) bond motifs is 2. The second kappa shape index (κ2) is 16.8. The van der Waals surface area contributed by atoms with Crippen molar-refractivity contribution in [2.75, 3.05) is 13.7 Å². The van der Waals surface area contributed by atoms with Gasteiger partial charge in [0.1, 0.15) is 35.5 Å². The van der Waals surface area contributed by atoms with Crippen LogP contribution in [0.3, 0.4) is 0 Å². The van der Waals surface area contributed by atoms with Gasteiger partial charge in [0, 0.05) is 38.7 Å². The van der Waals surface area contributed by atoms with E-state index in [1.165, 1.54) is 19.3 Å². The zero-order chi connectivity index (χ0) is 39.1. The van der Waals surface area contributed by atoms with Crippen molar-refractivity contribution in [3.8, 4) is 0 Å². The summed E-state index contributed by atoms with van der Waals surface area (Å²) in [7, 11) is 1.59. The number of rotatable bonds is 4. The first-order valence-corrected chi connectivity index (χ1v) is 20.7. The van der Waals surface area contributed by atoms with Crippen LogP contribution in [0.2, 0.25) is 0 Å². The molecule has 7 aliphatic rings. The van der Waals surface area contributed by atoms with E-state index >= 15 is 0 Å². The molecule has 306 valence electrons. The Bertz CT molecular complexity index is 1550. The van der Waals surface area contributed by atoms with Gasteiger partial charge in [-0.3, -0.25) is 4.79 Å². The second-order valence-electron chi connectivity index (χ2n) is 17.4. The minimum Gasteiger partial charge on any atom is -0.462 e. The van der Waals surface area contributed by atoms with Gasteiger partial charge in [-0.25, -0.2) is 0 Å². The van der Waals surface area contributed by atoms with E-state index in [0.29, 0.717) is 55.1 Å². The number of carbonyl (C=O) groups excluding carboxylic acids is 1. The molecule has 5 heterocycles. The summed E-state index contributed by atoms with van der Waals surface area (Å²) in [4.78, 5) is 14.4. The van der Waals surface area contributed by atoms with Gasteiger partial charge < -0.3 is 48.6 Å². The topological polar surface area (TPSA) is 155 Å². The zero-order valence-electron chi connectivity index (χ0n) is 33.4. The molecule has 2 bridgehead atoms. The summed E-state index contributed by atoms with van der Waals surface area (Å²) in [5.41, 5.74) is 0.362. The fourth-order valence-electron chi connectivity index (χ4n) is 10.4. The molecule has 12 heteroatoms. The predicted octanol–water partition coefficient (Wildman–Crippen LogP) is 6.07. The molecule has 3 N–H and O–H groups in total. The average Bonchev–Trinajstić information content (AvgIpc) is 3.50. The molecule has 5 fully saturated rings. The molecule has 7 rings (SSSR count). The Labute approximate surface area is 325 Å². The first-order chi connectivity index (χ1) is 26.4. The van der Waals surface area contributed by atoms with Crippen LogP contribution in [0.5, 0.6) is 0 Å². The van der Waals surface area contributed by atoms with E-state index in [0.717, 1.165) is 24.8 Å². The molecule has 1 spiro atoms. The van der Waals surface area contributed by atoms with Crippen molar-refractivity contribution < 1.29 is 53.4 Å². The molecule has 12 nitrogen and oxygen atoms in total. The van der Waals surface area contributed by atoms with Gasteiger partial charge in [0.15, 0.2) is 12.1 Å². The molecule has 4 saturated heterocycles. The third kappa shape index (κ3) is 8.17. The highest BCUT2D eigenvalue weighted by Gasteiger charge is 2.60. The first-order valence-electron chi connectivity index (χ1n) is 20.7. The van der Waals surface area contributed by atoms with Gasteiger partial charge in [0.05, 0.1) is 37.1 Å². The van der Waals surface area contributed by atoms with Crippen LogP contribution < -0.4 is 0 Å². The highest BCUT2D eigenvalue weighted by molar-refractivity contribution is 6.06. The highest BCUT2D eigenvalue weighted by Crippen LogP contribution is 2.48. The Hall–Kier alpha value is -2.42. The van der Waals surface area contributed by atoms with Gasteiger partial charge in [-0.05, 0) is 75.0 Å². The summed E-state index contributed by atoms with van der Waals surface area (Å²) < 4.78 is 45.1. The Morgan fingerprint density at radius 3 is 2.55 bits per heavy atom. The predicted molar refractivity (Wildman–Crippen MR) is 203 cm³/mol. The summed E-state index contributed by atoms with van der Waals surface area (Å²) >= 11 is 0. The maximum atomic E-state index is 14.4. The number of nitrogens with zero attached hydrogens (tertiary/aromatic N) is 1. The Morgan fingerprint density at radius 2 is 1.80 bits per heavy atom. The van der Waals surface area contributed by atoms with Crippen LogP contribution in [0.1, 0.15) is 105 Å². The van der Waals surface area contributed by atoms with Gasteiger partial charge in [-0.15, -0.1) is 0 Å². The van der Waals surface area contributed by atoms with Gasteiger partial charge in [0.25, 0.3) is 0 Å². The molecular weight excluding hydrogens is 706 g/mol. The molecule has 1 unspecified atom stereocenters. The molecule has 0 radical (unpaired) electrons. The Morgan fingerprint density at radius 1 is 1.02 bits per heavy atom. The molecule has 1 saturated carbocycles. The summed E-state index contributed by atoms with van der Waals surface area (Å²) in [6, 6.07) is 0. The number of carbonyl (C=O) groups is 1. The summed E-state index contributed by atoms with van der Waals surface area (Å²) in [6.07, 6.45) is 14.4. The average molecular weight is 770 g/mol. The van der Waals surface area contributed by atoms with Crippen molar-refractivity contribution in [2.24, 2.45) is 28.8 Å². The van der Waals surface area contributed by atoms with Crippen LogP contribution in [-0.4, -0.2) is 107 Å². The molecule has 0 aromatic carbocycles. The van der Waals surface area contributed by atoms with Crippen LogP contribution in [0.15, 0.2) is 52.3 Å². The fraction of sp³-hybridized carbons (Fsp3) is 0.767. The molecule has 14 atom stereocenters. The van der Waals surface area contributed by atoms with Gasteiger partial charge >= 0.3 is 5.97 Å². The Kier molecular flexibility index (Phi) is 12.5. The lowest BCUT2D eigenvalue weighted by Crippen LogP contribution is -2.57. The third-order valence-corrected chi connectivity index (χ3v) is 13.6. The first kappa shape index (κ1) is 40.8. The monoisotopic (exact) mass is 769 g/mol. The second-order valence-corrected chi connectivity index (χ2v) is 17.4. The molecule has 0 aromatic heterocycles. The number of hydrogen-bond acceptors (Lipinski definition) is 12. The lowest BCUT2D eigenvalue weighted by molar-refractivity contribution is -0.342. The number of methoxy groups -OCH3 is 1. The number of oxime groups is 1. The number of ether oxygens (including phenoxy) is 7. The minimum atomic E-state index is -1.83. The van der Waals surface area contributed by atoms with Gasteiger partial charge in [0.2, 0.25) is 0 Å². The zero-order valence-corrected chi connectivity index (χ0v) is 33.4. The quantitative estimate of drug-likeness (QED) is 0.132. The minimum absolute atomic E-state index is 0.0359. The number of aliphatic hydroxyl groups excluding tert-OH is 1. The van der Waals surface area contributed by atoms with Crippen LogP contribution in [0.4, 0.5) is 0 Å². The fourth-order valence-corrected chi connectivity index (χ4v) is 10.4. The SMILES string of the molecule is CO[C@H]1C[C@H](O[C@@H]2/C(C)=C/C[C@@H]3C[C@@H](CC4(CC[C@H](C)[C@@H](C5CCCCC5)O4)O3)OC(=O)[C@@H]3C=C(C)/C(=N/O)[C@H]4OC/C(=C\C=C\[C@@H]2C)[C@]43O)O[C@@H](C)[C@@H]1O. The molecule has 55 heavy (non-hydrogen) atoms. The lowest BCUT2D eigenvalue weighted by atomic mass is 9.71. The maximum Gasteiger partial charge on any atom is 0.316 e. The largest absolute Gasteiger partial charge is 0.462 e. The van der Waals surface area contributed by atoms with Crippen LogP contribution >= 0.6 is 0 Å². The van der Waals surface area contributed by atoms with E-state index in [2.05, 4.69) is 32.0 Å². The van der Waals surface area contributed by atoms with E-state index < -0.39 is 66.2 Å². The van der Waals surface area contributed by atoms with Crippen molar-refractivity contribution in [2.45, 2.75) is 172 Å². The number of esters is 1. The van der Waals surface area contributed by atoms with E-state index in [1.807, 2.05) is 19.1 Å². The van der Waals surface area contributed by atoms with Gasteiger partial charge in [-0.2, -0.15) is 0 Å². The van der Waals surface area contributed by atoms with Gasteiger partial charge in [-0.1, -0.05) is 68.6 Å². The van der Waals surface area contributed by atoms with E-state index in [-0.39, 0.29) is 30.4 Å². The van der Waals surface area contributed by atoms with Crippen LogP contribution in [0.25, 0.3) is 0 Å². The molecule has 2 aliphatic carbocycles. The summed E-state index contributed by atoms with van der Waals surface area (Å²) in [6.45, 7) is 10.0. The Balaban J connectivity index is 1.25. The van der Waals surface area contributed by atoms with Crippen molar-refractivity contribution in [1.82, 2.24) is 0 Å². The van der Waals surface area contributed by atoms with E-state index in [9.17, 15) is 20.2 Å². The molecular formula is C43H63NO11. The normalized spacial score (nSPS) is 47.9. The number of allylic oxidation sites excluding steroid dienone is 2. The maximum absolute atomic E-state index is 14.4. The van der Waals surface area contributed by atoms with E-state index in [1.54, 1.807) is 26.2 Å². The lowest BCUT2D eigenvalue weighted by Gasteiger charge is -2.51. The smallest absolute Gasteiger partial charge is 0.316 e. The van der Waals surface area contributed by atoms with Crippen molar-refractivity contribution in [3.63, 3.8) is 0 Å². The van der Waals surface area contributed by atoms with E-state index in [4.69, 9.17) is 33.2 Å². The molecule has 5 aliphatic heterocycles. The molecule has 0 aromatic rings. The van der Waals surface area contributed by atoms with Crippen molar-refractivity contribution in [3.05, 3.63) is 47.1 Å². The third-order valence-electron chi connectivity index (χ3n) is 13.6. The van der Waals surface area contributed by atoms with Crippen LogP contribution in [-0.2, 0) is 38.0 Å². The van der Waals surface area contributed by atoms with Crippen LogP contribution in [0, 0.1) is 23.7 Å². The highest BCUT2D eigenvalue weighted by atomic mass is 16.7. The molecule has 0 amide bonds. The number of hydrogen-bond donors (Lipinski definition) is 3.